The van der Waals surface area contributed by atoms with Crippen LogP contribution in [0.2, 0.25) is 0 Å². The molecule has 5 nitrogen and oxygen atoms in total. The summed E-state index contributed by atoms with van der Waals surface area (Å²) in [5.74, 6) is -2.86. The molecule has 0 atom stereocenters. The molecule has 1 aromatic carbocycles. The average Bonchev–Trinajstić information content (AvgIpc) is 2.16. The van der Waals surface area contributed by atoms with Gasteiger partial charge >= 0.3 is 5.97 Å². The molecule has 0 aliphatic carbocycles. The van der Waals surface area contributed by atoms with Crippen molar-refractivity contribution in [1.29, 1.82) is 0 Å². The summed E-state index contributed by atoms with van der Waals surface area (Å²) < 4.78 is 0. The van der Waals surface area contributed by atoms with Crippen molar-refractivity contribution in [3.8, 4) is 5.75 Å². The molecule has 0 aromatic heterocycles. The molecule has 2 N–H and O–H groups in total. The molecule has 1 rings (SSSR count). The molecule has 5 heteroatoms. The Bertz CT molecular complexity index is 452. The SMILES string of the molecule is CC(=O)c1cc(C(C)=O)c(O)c(C(=O)O)c1. The first-order valence-corrected chi connectivity index (χ1v) is 4.46. The minimum Gasteiger partial charge on any atom is -0.506 e. The van der Waals surface area contributed by atoms with Crippen LogP contribution >= 0.6 is 0 Å². The highest BCUT2D eigenvalue weighted by molar-refractivity contribution is 6.06. The number of hydrogen-bond acceptors (Lipinski definition) is 4. The summed E-state index contributed by atoms with van der Waals surface area (Å²) in [5, 5.41) is 18.3. The first kappa shape index (κ1) is 11.9. The van der Waals surface area contributed by atoms with Gasteiger partial charge in [-0.15, -0.1) is 0 Å². The van der Waals surface area contributed by atoms with Crippen molar-refractivity contribution in [2.24, 2.45) is 0 Å². The summed E-state index contributed by atoms with van der Waals surface area (Å²) in [6.45, 7) is 2.44. The smallest absolute Gasteiger partial charge is 0.339 e. The molecule has 0 aliphatic rings. The molecule has 0 unspecified atom stereocenters. The Labute approximate surface area is 91.3 Å². The third kappa shape index (κ3) is 2.08. The summed E-state index contributed by atoms with van der Waals surface area (Å²) in [7, 11) is 0. The molecule has 0 heterocycles. The second kappa shape index (κ2) is 4.14. The van der Waals surface area contributed by atoms with Crippen LogP contribution in [-0.4, -0.2) is 27.7 Å². The lowest BCUT2D eigenvalue weighted by molar-refractivity contribution is 0.0693. The van der Waals surface area contributed by atoms with Crippen molar-refractivity contribution in [3.05, 3.63) is 28.8 Å². The van der Waals surface area contributed by atoms with E-state index in [2.05, 4.69) is 0 Å². The second-order valence-corrected chi connectivity index (χ2v) is 3.34. The Hall–Kier alpha value is -2.17. The number of benzene rings is 1. The molecular formula is C11H10O5. The minimum atomic E-state index is -1.39. The molecule has 84 valence electrons. The third-order valence-electron chi connectivity index (χ3n) is 2.13. The molecule has 0 aliphatic heterocycles. The van der Waals surface area contributed by atoms with Gasteiger partial charge in [-0.25, -0.2) is 4.79 Å². The topological polar surface area (TPSA) is 91.7 Å². The molecular weight excluding hydrogens is 212 g/mol. The first-order chi connectivity index (χ1) is 7.34. The number of rotatable bonds is 3. The van der Waals surface area contributed by atoms with E-state index in [0.717, 1.165) is 6.07 Å². The van der Waals surface area contributed by atoms with E-state index in [1.54, 1.807) is 0 Å². The maximum Gasteiger partial charge on any atom is 0.339 e. The number of Topliss-reactive ketones (excluding diaryl/α,β-unsaturated/α-hetero) is 2. The number of ketones is 2. The van der Waals surface area contributed by atoms with Crippen LogP contribution < -0.4 is 0 Å². The predicted molar refractivity (Wildman–Crippen MR) is 55.1 cm³/mol. The molecule has 0 bridgehead atoms. The fraction of sp³-hybridized carbons (Fsp3) is 0.182. The van der Waals surface area contributed by atoms with Gasteiger partial charge in [0.2, 0.25) is 0 Å². The van der Waals surface area contributed by atoms with Crippen LogP contribution in [-0.2, 0) is 0 Å². The lowest BCUT2D eigenvalue weighted by Gasteiger charge is -2.06. The highest BCUT2D eigenvalue weighted by atomic mass is 16.4. The molecule has 0 spiro atoms. The average molecular weight is 222 g/mol. The van der Waals surface area contributed by atoms with Gasteiger partial charge in [-0.05, 0) is 26.0 Å². The van der Waals surface area contributed by atoms with Crippen LogP contribution in [0.5, 0.6) is 5.75 Å². The van der Waals surface area contributed by atoms with E-state index >= 15 is 0 Å². The Balaban J connectivity index is 3.57. The van der Waals surface area contributed by atoms with Gasteiger partial charge < -0.3 is 10.2 Å². The van der Waals surface area contributed by atoms with E-state index in [9.17, 15) is 19.5 Å². The van der Waals surface area contributed by atoms with Gasteiger partial charge in [-0.1, -0.05) is 0 Å². The summed E-state index contributed by atoms with van der Waals surface area (Å²) in [4.78, 5) is 33.1. The fourth-order valence-corrected chi connectivity index (χ4v) is 1.27. The highest BCUT2D eigenvalue weighted by Crippen LogP contribution is 2.25. The molecule has 0 saturated heterocycles. The maximum atomic E-state index is 11.2. The van der Waals surface area contributed by atoms with E-state index in [-0.39, 0.29) is 16.9 Å². The van der Waals surface area contributed by atoms with E-state index in [4.69, 9.17) is 5.11 Å². The molecule has 0 amide bonds. The van der Waals surface area contributed by atoms with Crippen LogP contribution in [0.25, 0.3) is 0 Å². The number of aromatic hydroxyl groups is 1. The molecule has 0 saturated carbocycles. The van der Waals surface area contributed by atoms with E-state index in [1.807, 2.05) is 0 Å². The van der Waals surface area contributed by atoms with Crippen molar-refractivity contribution >= 4 is 17.5 Å². The van der Waals surface area contributed by atoms with Gasteiger partial charge in [0, 0.05) is 5.56 Å². The zero-order valence-corrected chi connectivity index (χ0v) is 8.77. The Morgan fingerprint density at radius 1 is 1.00 bits per heavy atom. The summed E-state index contributed by atoms with van der Waals surface area (Å²) in [6.07, 6.45) is 0. The predicted octanol–water partition coefficient (Wildman–Crippen LogP) is 1.50. The van der Waals surface area contributed by atoms with Gasteiger partial charge in [-0.2, -0.15) is 0 Å². The minimum absolute atomic E-state index is 0.0837. The Morgan fingerprint density at radius 2 is 1.50 bits per heavy atom. The zero-order valence-electron chi connectivity index (χ0n) is 8.77. The standard InChI is InChI=1S/C11H10O5/c1-5(12)7-3-8(6(2)13)10(14)9(4-7)11(15)16/h3-4,14H,1-2H3,(H,15,16). The van der Waals surface area contributed by atoms with E-state index in [1.165, 1.54) is 19.9 Å². The Kier molecular flexibility index (Phi) is 3.08. The van der Waals surface area contributed by atoms with E-state index < -0.39 is 23.1 Å². The van der Waals surface area contributed by atoms with Crippen LogP contribution in [0.1, 0.15) is 44.9 Å². The normalized spacial score (nSPS) is 9.88. The maximum absolute atomic E-state index is 11.2. The second-order valence-electron chi connectivity index (χ2n) is 3.34. The number of phenols is 1. The summed E-state index contributed by atoms with van der Waals surface area (Å²) >= 11 is 0. The lowest BCUT2D eigenvalue weighted by Crippen LogP contribution is -2.06. The number of hydrogen-bond donors (Lipinski definition) is 2. The number of carboxylic acid groups (broad SMARTS) is 1. The molecule has 0 fully saturated rings. The number of carbonyl (C=O) groups is 3. The summed E-state index contributed by atoms with van der Waals surface area (Å²) in [6, 6.07) is 2.24. The van der Waals surface area contributed by atoms with Crippen molar-refractivity contribution in [1.82, 2.24) is 0 Å². The largest absolute Gasteiger partial charge is 0.506 e. The van der Waals surface area contributed by atoms with Crippen LogP contribution in [0.3, 0.4) is 0 Å². The van der Waals surface area contributed by atoms with Gasteiger partial charge in [0.1, 0.15) is 11.3 Å². The molecule has 0 radical (unpaired) electrons. The van der Waals surface area contributed by atoms with Gasteiger partial charge in [0.15, 0.2) is 11.6 Å². The van der Waals surface area contributed by atoms with Crippen molar-refractivity contribution < 1.29 is 24.6 Å². The van der Waals surface area contributed by atoms with Crippen LogP contribution in [0, 0.1) is 0 Å². The van der Waals surface area contributed by atoms with Crippen molar-refractivity contribution in [3.63, 3.8) is 0 Å². The van der Waals surface area contributed by atoms with Crippen molar-refractivity contribution in [2.75, 3.05) is 0 Å². The first-order valence-electron chi connectivity index (χ1n) is 4.46. The number of carboxylic acids is 1. The van der Waals surface area contributed by atoms with Gasteiger partial charge in [0.25, 0.3) is 0 Å². The van der Waals surface area contributed by atoms with Gasteiger partial charge in [0.05, 0.1) is 5.56 Å². The lowest BCUT2D eigenvalue weighted by atomic mass is 10.00. The molecule has 1 aromatic rings. The third-order valence-corrected chi connectivity index (χ3v) is 2.13. The number of aromatic carboxylic acids is 1. The number of carbonyl (C=O) groups excluding carboxylic acids is 2. The summed E-state index contributed by atoms with van der Waals surface area (Å²) in [5.41, 5.74) is -0.525. The fourth-order valence-electron chi connectivity index (χ4n) is 1.27. The van der Waals surface area contributed by atoms with E-state index in [0.29, 0.717) is 0 Å². The quantitative estimate of drug-likeness (QED) is 0.756. The van der Waals surface area contributed by atoms with Crippen molar-refractivity contribution in [2.45, 2.75) is 13.8 Å². The monoisotopic (exact) mass is 222 g/mol. The van der Waals surface area contributed by atoms with Gasteiger partial charge in [-0.3, -0.25) is 9.59 Å². The zero-order chi connectivity index (χ0) is 12.5. The Morgan fingerprint density at radius 3 is 1.88 bits per heavy atom. The highest BCUT2D eigenvalue weighted by Gasteiger charge is 2.19. The van der Waals surface area contributed by atoms with Crippen LogP contribution in [0.4, 0.5) is 0 Å². The van der Waals surface area contributed by atoms with Crippen LogP contribution in [0.15, 0.2) is 12.1 Å². The molecule has 16 heavy (non-hydrogen) atoms.